The molecule has 0 bridgehead atoms. The van der Waals surface area contributed by atoms with Crippen LogP contribution in [0, 0.1) is 5.82 Å². The van der Waals surface area contributed by atoms with E-state index in [4.69, 9.17) is 4.74 Å². The number of nitrogens with zero attached hydrogens (tertiary/aromatic N) is 2. The van der Waals surface area contributed by atoms with Gasteiger partial charge >= 0.3 is 0 Å². The first kappa shape index (κ1) is 16.9. The van der Waals surface area contributed by atoms with Crippen LogP contribution in [0.5, 0.6) is 0 Å². The molecule has 2 aliphatic heterocycles. The lowest BCUT2D eigenvalue weighted by Gasteiger charge is -2.23. The zero-order valence-electron chi connectivity index (χ0n) is 13.4. The molecule has 4 rings (SSSR count). The Kier molecular flexibility index (Phi) is 4.27. The van der Waals surface area contributed by atoms with Gasteiger partial charge in [-0.05, 0) is 30.0 Å². The van der Waals surface area contributed by atoms with E-state index in [1.165, 1.54) is 34.0 Å². The molecule has 0 aromatic carbocycles. The molecule has 2 aromatic heterocycles. The third-order valence-corrected chi connectivity index (χ3v) is 7.90. The second-order valence-electron chi connectivity index (χ2n) is 6.39. The molecule has 2 atom stereocenters. The fourth-order valence-electron chi connectivity index (χ4n) is 3.46. The molecule has 2 fully saturated rings. The number of hydrogen-bond acceptors (Lipinski definition) is 6. The number of pyridine rings is 1. The summed E-state index contributed by atoms with van der Waals surface area (Å²) in [6.45, 7) is 1.17. The molecular weight excluding hydrogens is 365 g/mol. The zero-order chi connectivity index (χ0) is 17.5. The van der Waals surface area contributed by atoms with Gasteiger partial charge in [0.05, 0.1) is 18.2 Å². The number of thiophene rings is 1. The first-order valence-electron chi connectivity index (χ1n) is 8.03. The minimum atomic E-state index is -3.46. The maximum Gasteiger partial charge on any atom is 0.252 e. The van der Waals surface area contributed by atoms with Crippen molar-refractivity contribution in [1.82, 2.24) is 9.29 Å². The van der Waals surface area contributed by atoms with Crippen LogP contribution in [-0.2, 0) is 14.8 Å². The average molecular weight is 383 g/mol. The van der Waals surface area contributed by atoms with Gasteiger partial charge in [-0.2, -0.15) is 4.31 Å². The van der Waals surface area contributed by atoms with Gasteiger partial charge in [0.25, 0.3) is 10.0 Å². The highest BCUT2D eigenvalue weighted by Gasteiger charge is 2.49. The number of nitrogens with one attached hydrogen (secondary N) is 1. The lowest BCUT2D eigenvalue weighted by molar-refractivity contribution is 0.0173. The minimum Gasteiger partial charge on any atom is -0.371 e. The standard InChI is InChI=1S/C16H18FN3O3S2/c17-13-3-1-6-18-15(13)19-12-9-16(23-10-12)5-7-20(11-16)25(21,22)14-4-2-8-24-14/h1-4,6,8,12H,5,7,9-11H2,(H,18,19)/t12-,16+/m0/s1. The van der Waals surface area contributed by atoms with Gasteiger partial charge in [0.2, 0.25) is 0 Å². The molecular formula is C16H18FN3O3S2. The van der Waals surface area contributed by atoms with Gasteiger partial charge in [-0.15, -0.1) is 11.3 Å². The summed E-state index contributed by atoms with van der Waals surface area (Å²) in [5, 5.41) is 4.82. The SMILES string of the molecule is O=S(=O)(c1cccs1)N1CC[C@@]2(C[C@H](Nc3ncccc3F)CO2)C1. The van der Waals surface area contributed by atoms with Crippen LogP contribution in [0.2, 0.25) is 0 Å². The molecule has 2 aromatic rings. The van der Waals surface area contributed by atoms with E-state index in [0.717, 1.165) is 0 Å². The monoisotopic (exact) mass is 383 g/mol. The Bertz CT molecular complexity index is 859. The van der Waals surface area contributed by atoms with Crippen LogP contribution in [0.15, 0.2) is 40.1 Å². The largest absolute Gasteiger partial charge is 0.371 e. The van der Waals surface area contributed by atoms with Crippen LogP contribution in [0.25, 0.3) is 0 Å². The van der Waals surface area contributed by atoms with Gasteiger partial charge < -0.3 is 10.1 Å². The smallest absolute Gasteiger partial charge is 0.252 e. The second-order valence-corrected chi connectivity index (χ2v) is 9.51. The molecule has 9 heteroatoms. The van der Waals surface area contributed by atoms with Gasteiger partial charge in [-0.1, -0.05) is 6.07 Å². The quantitative estimate of drug-likeness (QED) is 0.877. The maximum absolute atomic E-state index is 13.7. The molecule has 0 amide bonds. The summed E-state index contributed by atoms with van der Waals surface area (Å²) in [5.74, 6) is -0.203. The first-order chi connectivity index (χ1) is 12.0. The molecule has 134 valence electrons. The molecule has 4 heterocycles. The van der Waals surface area contributed by atoms with Gasteiger partial charge in [-0.3, -0.25) is 0 Å². The molecule has 0 radical (unpaired) electrons. The van der Waals surface area contributed by atoms with E-state index in [1.54, 1.807) is 17.5 Å². The van der Waals surface area contributed by atoms with Crippen molar-refractivity contribution in [2.24, 2.45) is 0 Å². The number of rotatable bonds is 4. The molecule has 2 aliphatic rings. The number of ether oxygens (including phenoxy) is 1. The van der Waals surface area contributed by atoms with Crippen molar-refractivity contribution in [3.8, 4) is 0 Å². The minimum absolute atomic E-state index is 0.0891. The fourth-order valence-corrected chi connectivity index (χ4v) is 6.12. The van der Waals surface area contributed by atoms with E-state index in [1.807, 2.05) is 0 Å². The van der Waals surface area contributed by atoms with E-state index >= 15 is 0 Å². The highest BCUT2D eigenvalue weighted by Crippen LogP contribution is 2.38. The third kappa shape index (κ3) is 3.17. The van der Waals surface area contributed by atoms with E-state index in [0.29, 0.717) is 36.7 Å². The van der Waals surface area contributed by atoms with Crippen molar-refractivity contribution >= 4 is 27.2 Å². The Labute approximate surface area is 149 Å². The van der Waals surface area contributed by atoms with Crippen molar-refractivity contribution in [3.63, 3.8) is 0 Å². The molecule has 2 saturated heterocycles. The first-order valence-corrected chi connectivity index (χ1v) is 10.4. The summed E-state index contributed by atoms with van der Waals surface area (Å²) in [5.41, 5.74) is -0.507. The Balaban J connectivity index is 1.44. The van der Waals surface area contributed by atoms with Crippen molar-refractivity contribution in [3.05, 3.63) is 41.7 Å². The number of anilines is 1. The van der Waals surface area contributed by atoms with E-state index in [-0.39, 0.29) is 11.9 Å². The van der Waals surface area contributed by atoms with Crippen molar-refractivity contribution in [2.45, 2.75) is 28.7 Å². The predicted octanol–water partition coefficient (Wildman–Crippen LogP) is 2.32. The van der Waals surface area contributed by atoms with Crippen molar-refractivity contribution < 1.29 is 17.5 Å². The van der Waals surface area contributed by atoms with Gasteiger partial charge in [0.1, 0.15) is 4.21 Å². The average Bonchev–Trinajstić information content (AvgIpc) is 3.33. The summed E-state index contributed by atoms with van der Waals surface area (Å²) < 4.78 is 46.8. The van der Waals surface area contributed by atoms with Gasteiger partial charge in [0.15, 0.2) is 11.6 Å². The van der Waals surface area contributed by atoms with Crippen LogP contribution >= 0.6 is 11.3 Å². The lowest BCUT2D eigenvalue weighted by Crippen LogP contribution is -2.36. The topological polar surface area (TPSA) is 71.5 Å². The van der Waals surface area contributed by atoms with Crippen molar-refractivity contribution in [1.29, 1.82) is 0 Å². The van der Waals surface area contributed by atoms with Crippen LogP contribution in [-0.4, -0.2) is 49.0 Å². The molecule has 1 N–H and O–H groups in total. The molecule has 0 aliphatic carbocycles. The fraction of sp³-hybridized carbons (Fsp3) is 0.438. The Hall–Kier alpha value is -1.55. The highest BCUT2D eigenvalue weighted by molar-refractivity contribution is 7.91. The van der Waals surface area contributed by atoms with E-state index in [2.05, 4.69) is 10.3 Å². The number of sulfonamides is 1. The van der Waals surface area contributed by atoms with Crippen LogP contribution < -0.4 is 5.32 Å². The number of hydrogen-bond donors (Lipinski definition) is 1. The summed E-state index contributed by atoms with van der Waals surface area (Å²) >= 11 is 1.22. The lowest BCUT2D eigenvalue weighted by atomic mass is 9.97. The normalized spacial score (nSPS) is 27.2. The number of halogens is 1. The molecule has 0 unspecified atom stereocenters. The van der Waals surface area contributed by atoms with Gasteiger partial charge in [0, 0.05) is 25.7 Å². The highest BCUT2D eigenvalue weighted by atomic mass is 32.2. The molecule has 1 spiro atoms. The van der Waals surface area contributed by atoms with Gasteiger partial charge in [-0.25, -0.2) is 17.8 Å². The molecule has 6 nitrogen and oxygen atoms in total. The molecule has 0 saturated carbocycles. The van der Waals surface area contributed by atoms with Crippen LogP contribution in [0.3, 0.4) is 0 Å². The maximum atomic E-state index is 13.7. The van der Waals surface area contributed by atoms with Crippen molar-refractivity contribution in [2.75, 3.05) is 25.0 Å². The summed E-state index contributed by atoms with van der Waals surface area (Å²) in [6.07, 6.45) is 2.79. The zero-order valence-corrected chi connectivity index (χ0v) is 15.0. The second kappa shape index (κ2) is 6.31. The summed E-state index contributed by atoms with van der Waals surface area (Å²) in [4.78, 5) is 4.00. The van der Waals surface area contributed by atoms with E-state index in [9.17, 15) is 12.8 Å². The Morgan fingerprint density at radius 2 is 2.28 bits per heavy atom. The van der Waals surface area contributed by atoms with Crippen LogP contribution in [0.1, 0.15) is 12.8 Å². The number of aromatic nitrogens is 1. The Morgan fingerprint density at radius 1 is 1.40 bits per heavy atom. The van der Waals surface area contributed by atoms with E-state index < -0.39 is 21.4 Å². The molecule has 25 heavy (non-hydrogen) atoms. The predicted molar refractivity (Wildman–Crippen MR) is 92.6 cm³/mol. The third-order valence-electron chi connectivity index (χ3n) is 4.68. The Morgan fingerprint density at radius 3 is 3.04 bits per heavy atom. The summed E-state index contributed by atoms with van der Waals surface area (Å²) in [7, 11) is -3.46. The van der Waals surface area contributed by atoms with Crippen LogP contribution in [0.4, 0.5) is 10.2 Å². The summed E-state index contributed by atoms with van der Waals surface area (Å²) in [6, 6.07) is 6.16.